The lowest BCUT2D eigenvalue weighted by atomic mass is 10.1. The SMILES string of the molecule is O=C(O)C(O)c1ccccc1.Oc1ccccc1. The minimum atomic E-state index is -1.41. The Morgan fingerprint density at radius 2 is 1.33 bits per heavy atom. The lowest BCUT2D eigenvalue weighted by Crippen LogP contribution is -2.09. The predicted octanol–water partition coefficient (Wildman–Crippen LogP) is 2.20. The molecule has 4 heteroatoms. The Balaban J connectivity index is 0.000000199. The summed E-state index contributed by atoms with van der Waals surface area (Å²) in [7, 11) is 0. The number of aliphatic hydroxyl groups excluding tert-OH is 1. The van der Waals surface area contributed by atoms with Crippen LogP contribution in [0.15, 0.2) is 60.7 Å². The summed E-state index contributed by atoms with van der Waals surface area (Å²) in [4.78, 5) is 10.2. The van der Waals surface area contributed by atoms with E-state index >= 15 is 0 Å². The zero-order valence-electron chi connectivity index (χ0n) is 9.60. The molecule has 0 aliphatic carbocycles. The number of benzene rings is 2. The summed E-state index contributed by atoms with van der Waals surface area (Å²) in [5.74, 6) is -0.904. The molecule has 1 atom stereocenters. The highest BCUT2D eigenvalue weighted by molar-refractivity contribution is 5.73. The van der Waals surface area contributed by atoms with Gasteiger partial charge in [0.05, 0.1) is 0 Å². The molecule has 0 spiro atoms. The topological polar surface area (TPSA) is 77.8 Å². The van der Waals surface area contributed by atoms with Crippen LogP contribution >= 0.6 is 0 Å². The van der Waals surface area contributed by atoms with E-state index in [0.717, 1.165) is 0 Å². The largest absolute Gasteiger partial charge is 0.508 e. The fourth-order valence-electron chi connectivity index (χ4n) is 1.21. The maximum absolute atomic E-state index is 10.2. The number of hydrogen-bond acceptors (Lipinski definition) is 3. The van der Waals surface area contributed by atoms with Crippen LogP contribution in [0.1, 0.15) is 11.7 Å². The fraction of sp³-hybridized carbons (Fsp3) is 0.0714. The normalized spacial score (nSPS) is 10.9. The van der Waals surface area contributed by atoms with Gasteiger partial charge in [-0.3, -0.25) is 0 Å². The number of aromatic hydroxyl groups is 1. The van der Waals surface area contributed by atoms with Crippen LogP contribution in [0.3, 0.4) is 0 Å². The van der Waals surface area contributed by atoms with Gasteiger partial charge in [0.25, 0.3) is 0 Å². The molecule has 94 valence electrons. The average molecular weight is 246 g/mol. The molecule has 3 N–H and O–H groups in total. The quantitative estimate of drug-likeness (QED) is 0.759. The van der Waals surface area contributed by atoms with Crippen molar-refractivity contribution in [1.29, 1.82) is 0 Å². The third-order valence-corrected chi connectivity index (χ3v) is 2.11. The Hall–Kier alpha value is -2.33. The number of hydrogen-bond donors (Lipinski definition) is 3. The van der Waals surface area contributed by atoms with Crippen LogP contribution in [0.4, 0.5) is 0 Å². The Kier molecular flexibility index (Phi) is 5.41. The third-order valence-electron chi connectivity index (χ3n) is 2.11. The van der Waals surface area contributed by atoms with Crippen LogP contribution in [0.5, 0.6) is 5.75 Å². The van der Waals surface area contributed by atoms with Crippen molar-refractivity contribution in [3.05, 3.63) is 66.2 Å². The van der Waals surface area contributed by atoms with Gasteiger partial charge in [0.15, 0.2) is 6.10 Å². The summed E-state index contributed by atoms with van der Waals surface area (Å²) in [6.45, 7) is 0. The standard InChI is InChI=1S/C8H8O3.C6H6O/c9-7(8(10)11)6-4-2-1-3-5-6;7-6-4-2-1-3-5-6/h1-5,7,9H,(H,10,11);1-5,7H. The molecule has 1 unspecified atom stereocenters. The van der Waals surface area contributed by atoms with Crippen LogP contribution in [0.2, 0.25) is 0 Å². The molecule has 2 aromatic rings. The van der Waals surface area contributed by atoms with Gasteiger partial charge in [0.2, 0.25) is 0 Å². The number of phenolic OH excluding ortho intramolecular Hbond substituents is 1. The van der Waals surface area contributed by atoms with Crippen molar-refractivity contribution in [3.8, 4) is 5.75 Å². The first-order chi connectivity index (χ1) is 8.61. The highest BCUT2D eigenvalue weighted by Crippen LogP contribution is 2.10. The molecule has 2 aromatic carbocycles. The third kappa shape index (κ3) is 4.67. The van der Waals surface area contributed by atoms with E-state index in [1.54, 1.807) is 54.6 Å². The van der Waals surface area contributed by atoms with Crippen LogP contribution in [0, 0.1) is 0 Å². The van der Waals surface area contributed by atoms with Crippen molar-refractivity contribution in [2.24, 2.45) is 0 Å². The highest BCUT2D eigenvalue weighted by Gasteiger charge is 2.14. The predicted molar refractivity (Wildman–Crippen MR) is 67.1 cm³/mol. The second-order valence-corrected chi connectivity index (χ2v) is 3.49. The van der Waals surface area contributed by atoms with Gasteiger partial charge in [-0.2, -0.15) is 0 Å². The van der Waals surface area contributed by atoms with E-state index in [1.807, 2.05) is 6.07 Å². The molecule has 0 saturated heterocycles. The minimum Gasteiger partial charge on any atom is -0.508 e. The lowest BCUT2D eigenvalue weighted by Gasteiger charge is -2.03. The molecule has 4 nitrogen and oxygen atoms in total. The fourth-order valence-corrected chi connectivity index (χ4v) is 1.21. The van der Waals surface area contributed by atoms with Gasteiger partial charge in [0, 0.05) is 0 Å². The van der Waals surface area contributed by atoms with Crippen LogP contribution in [-0.2, 0) is 4.79 Å². The van der Waals surface area contributed by atoms with E-state index in [2.05, 4.69) is 0 Å². The number of carbonyl (C=O) groups is 1. The van der Waals surface area contributed by atoms with Crippen LogP contribution in [0.25, 0.3) is 0 Å². The van der Waals surface area contributed by atoms with Crippen molar-refractivity contribution >= 4 is 5.97 Å². The van der Waals surface area contributed by atoms with Crippen LogP contribution < -0.4 is 0 Å². The van der Waals surface area contributed by atoms with Gasteiger partial charge in [-0.15, -0.1) is 0 Å². The van der Waals surface area contributed by atoms with E-state index in [9.17, 15) is 4.79 Å². The molecule has 0 bridgehead atoms. The maximum atomic E-state index is 10.2. The second-order valence-electron chi connectivity index (χ2n) is 3.49. The van der Waals surface area contributed by atoms with E-state index in [0.29, 0.717) is 11.3 Å². The monoisotopic (exact) mass is 246 g/mol. The molecule has 0 saturated carbocycles. The summed E-state index contributed by atoms with van der Waals surface area (Å²) in [6.07, 6.45) is -1.41. The molecular weight excluding hydrogens is 232 g/mol. The number of rotatable bonds is 2. The van der Waals surface area contributed by atoms with Gasteiger partial charge in [0.1, 0.15) is 5.75 Å². The Morgan fingerprint density at radius 3 is 1.67 bits per heavy atom. The first-order valence-electron chi connectivity index (χ1n) is 5.31. The van der Waals surface area contributed by atoms with E-state index in [1.165, 1.54) is 0 Å². The van der Waals surface area contributed by atoms with Gasteiger partial charge >= 0.3 is 5.97 Å². The highest BCUT2D eigenvalue weighted by atomic mass is 16.4. The smallest absolute Gasteiger partial charge is 0.337 e. The summed E-state index contributed by atoms with van der Waals surface area (Å²) in [5.41, 5.74) is 0.403. The second kappa shape index (κ2) is 7.09. The van der Waals surface area contributed by atoms with Gasteiger partial charge in [-0.1, -0.05) is 48.5 Å². The molecule has 0 heterocycles. The maximum Gasteiger partial charge on any atom is 0.337 e. The Morgan fingerprint density at radius 1 is 0.889 bits per heavy atom. The summed E-state index contributed by atoms with van der Waals surface area (Å²) >= 11 is 0. The number of aliphatic carboxylic acids is 1. The molecule has 0 aliphatic heterocycles. The summed E-state index contributed by atoms with van der Waals surface area (Å²) in [5, 5.41) is 26.0. The number of para-hydroxylation sites is 1. The zero-order chi connectivity index (χ0) is 13.4. The van der Waals surface area contributed by atoms with Crippen LogP contribution in [-0.4, -0.2) is 21.3 Å². The Bertz CT molecular complexity index is 468. The molecular formula is C14H14O4. The van der Waals surface area contributed by atoms with Crippen molar-refractivity contribution in [1.82, 2.24) is 0 Å². The zero-order valence-corrected chi connectivity index (χ0v) is 9.60. The molecule has 0 amide bonds. The van der Waals surface area contributed by atoms with Crippen molar-refractivity contribution < 1.29 is 20.1 Å². The molecule has 0 radical (unpaired) electrons. The number of carboxylic acids is 1. The lowest BCUT2D eigenvalue weighted by molar-refractivity contribution is -0.146. The Labute approximate surface area is 105 Å². The number of phenols is 1. The number of aliphatic hydroxyl groups is 1. The van der Waals surface area contributed by atoms with E-state index < -0.39 is 12.1 Å². The minimum absolute atomic E-state index is 0.322. The molecule has 0 aromatic heterocycles. The summed E-state index contributed by atoms with van der Waals surface area (Å²) in [6, 6.07) is 17.0. The molecule has 2 rings (SSSR count). The van der Waals surface area contributed by atoms with E-state index in [-0.39, 0.29) is 0 Å². The van der Waals surface area contributed by atoms with Gasteiger partial charge < -0.3 is 15.3 Å². The van der Waals surface area contributed by atoms with Gasteiger partial charge in [-0.05, 0) is 17.7 Å². The van der Waals surface area contributed by atoms with Crippen molar-refractivity contribution in [2.45, 2.75) is 6.10 Å². The number of carboxylic acid groups (broad SMARTS) is 1. The summed E-state index contributed by atoms with van der Waals surface area (Å²) < 4.78 is 0. The van der Waals surface area contributed by atoms with Gasteiger partial charge in [-0.25, -0.2) is 4.79 Å². The van der Waals surface area contributed by atoms with E-state index in [4.69, 9.17) is 15.3 Å². The molecule has 18 heavy (non-hydrogen) atoms. The average Bonchev–Trinajstić information content (AvgIpc) is 2.40. The first kappa shape index (κ1) is 13.7. The molecule has 0 aliphatic rings. The van der Waals surface area contributed by atoms with Crippen molar-refractivity contribution in [3.63, 3.8) is 0 Å². The van der Waals surface area contributed by atoms with Crippen molar-refractivity contribution in [2.75, 3.05) is 0 Å². The molecule has 0 fully saturated rings. The first-order valence-corrected chi connectivity index (χ1v) is 5.31.